The Labute approximate surface area is 143 Å². The fourth-order valence-corrected chi connectivity index (χ4v) is 2.27. The number of Topliss-reactive ketones (excluding diaryl/α,β-unsaturated/α-hetero) is 1. The summed E-state index contributed by atoms with van der Waals surface area (Å²) >= 11 is 0. The smallest absolute Gasteiger partial charge is 0.251 e. The molecule has 0 aliphatic rings. The molecule has 0 atom stereocenters. The van der Waals surface area contributed by atoms with E-state index in [1.807, 2.05) is 12.1 Å². The van der Waals surface area contributed by atoms with Crippen molar-refractivity contribution in [2.24, 2.45) is 0 Å². The van der Waals surface area contributed by atoms with E-state index in [4.69, 9.17) is 4.74 Å². The van der Waals surface area contributed by atoms with Gasteiger partial charge in [-0.3, -0.25) is 14.4 Å². The standard InChI is InChI=1S/C18H26N2O4/c1-24-13-17(22)6-4-2-3-5-11-20-18(23)16-9-7-15(8-10-16)12-19-14-21/h7-10,14H,2-6,11-13H2,1H3,(H,19,21)(H,20,23). The molecular formula is C18H26N2O4. The maximum atomic E-state index is 12.0. The second-order valence-electron chi connectivity index (χ2n) is 5.59. The van der Waals surface area contributed by atoms with Gasteiger partial charge in [-0.15, -0.1) is 0 Å². The lowest BCUT2D eigenvalue weighted by molar-refractivity contribution is -0.122. The number of nitrogens with one attached hydrogen (secondary N) is 2. The number of hydrogen-bond donors (Lipinski definition) is 2. The fraction of sp³-hybridized carbons (Fsp3) is 0.500. The molecular weight excluding hydrogens is 308 g/mol. The van der Waals surface area contributed by atoms with E-state index in [2.05, 4.69) is 10.6 Å². The van der Waals surface area contributed by atoms with Crippen molar-refractivity contribution in [3.8, 4) is 0 Å². The third-order valence-electron chi connectivity index (χ3n) is 3.58. The van der Waals surface area contributed by atoms with Gasteiger partial charge in [0, 0.05) is 32.2 Å². The minimum absolute atomic E-state index is 0.0971. The average molecular weight is 334 g/mol. The fourth-order valence-electron chi connectivity index (χ4n) is 2.27. The zero-order valence-corrected chi connectivity index (χ0v) is 14.2. The number of carbonyl (C=O) groups is 3. The van der Waals surface area contributed by atoms with Crippen LogP contribution < -0.4 is 10.6 Å². The molecule has 1 rings (SSSR count). The SMILES string of the molecule is COCC(=O)CCCCCCNC(=O)c1ccc(CNC=O)cc1. The molecule has 0 aliphatic carbocycles. The monoisotopic (exact) mass is 334 g/mol. The Bertz CT molecular complexity index is 514. The van der Waals surface area contributed by atoms with E-state index in [0.717, 1.165) is 31.2 Å². The summed E-state index contributed by atoms with van der Waals surface area (Å²) in [6.07, 6.45) is 4.93. The molecule has 2 N–H and O–H groups in total. The molecule has 0 saturated carbocycles. The van der Waals surface area contributed by atoms with Crippen LogP contribution >= 0.6 is 0 Å². The van der Waals surface area contributed by atoms with Crippen molar-refractivity contribution in [1.82, 2.24) is 10.6 Å². The van der Waals surface area contributed by atoms with Gasteiger partial charge >= 0.3 is 0 Å². The van der Waals surface area contributed by atoms with E-state index in [1.165, 1.54) is 7.11 Å². The first kappa shape index (κ1) is 19.8. The molecule has 0 aromatic heterocycles. The largest absolute Gasteiger partial charge is 0.377 e. The first-order valence-corrected chi connectivity index (χ1v) is 8.22. The molecule has 0 bridgehead atoms. The number of unbranched alkanes of at least 4 members (excludes halogenated alkanes) is 3. The Morgan fingerprint density at radius 3 is 2.46 bits per heavy atom. The van der Waals surface area contributed by atoms with Gasteiger partial charge in [0.2, 0.25) is 6.41 Å². The number of amides is 2. The minimum Gasteiger partial charge on any atom is -0.377 e. The maximum absolute atomic E-state index is 12.0. The highest BCUT2D eigenvalue weighted by atomic mass is 16.5. The van der Waals surface area contributed by atoms with Crippen molar-refractivity contribution in [1.29, 1.82) is 0 Å². The highest BCUT2D eigenvalue weighted by Gasteiger charge is 2.05. The summed E-state index contributed by atoms with van der Waals surface area (Å²) in [4.78, 5) is 33.5. The lowest BCUT2D eigenvalue weighted by atomic mass is 10.1. The second kappa shape index (κ2) is 12.2. The molecule has 6 heteroatoms. The van der Waals surface area contributed by atoms with Crippen LogP contribution in [0.4, 0.5) is 0 Å². The average Bonchev–Trinajstić information content (AvgIpc) is 2.59. The molecule has 0 aliphatic heterocycles. The molecule has 0 unspecified atom stereocenters. The van der Waals surface area contributed by atoms with Gasteiger partial charge in [0.1, 0.15) is 6.61 Å². The zero-order valence-electron chi connectivity index (χ0n) is 14.2. The maximum Gasteiger partial charge on any atom is 0.251 e. The van der Waals surface area contributed by atoms with Gasteiger partial charge in [-0.1, -0.05) is 25.0 Å². The number of carbonyl (C=O) groups excluding carboxylic acids is 3. The number of benzene rings is 1. The molecule has 0 spiro atoms. The summed E-state index contributed by atoms with van der Waals surface area (Å²) in [5, 5.41) is 5.46. The highest BCUT2D eigenvalue weighted by Crippen LogP contribution is 2.06. The van der Waals surface area contributed by atoms with Crippen LogP contribution in [0.5, 0.6) is 0 Å². The summed E-state index contributed by atoms with van der Waals surface area (Å²) < 4.78 is 4.78. The van der Waals surface area contributed by atoms with Crippen LogP contribution in [0, 0.1) is 0 Å². The lowest BCUT2D eigenvalue weighted by Gasteiger charge is -2.06. The van der Waals surface area contributed by atoms with Crippen molar-refractivity contribution >= 4 is 18.1 Å². The summed E-state index contributed by atoms with van der Waals surface area (Å²) in [6.45, 7) is 1.28. The van der Waals surface area contributed by atoms with Crippen LogP contribution in [0.3, 0.4) is 0 Å². The van der Waals surface area contributed by atoms with Gasteiger partial charge in [-0.25, -0.2) is 0 Å². The zero-order chi connectivity index (χ0) is 17.6. The molecule has 0 fully saturated rings. The predicted molar refractivity (Wildman–Crippen MR) is 91.6 cm³/mol. The number of ether oxygens (including phenoxy) is 1. The predicted octanol–water partition coefficient (Wildman–Crippen LogP) is 1.83. The van der Waals surface area contributed by atoms with E-state index >= 15 is 0 Å². The van der Waals surface area contributed by atoms with E-state index in [0.29, 0.717) is 31.5 Å². The van der Waals surface area contributed by atoms with E-state index in [9.17, 15) is 14.4 Å². The van der Waals surface area contributed by atoms with Gasteiger partial charge in [0.25, 0.3) is 5.91 Å². The molecule has 132 valence electrons. The first-order chi connectivity index (χ1) is 11.7. The molecule has 24 heavy (non-hydrogen) atoms. The van der Waals surface area contributed by atoms with Gasteiger partial charge < -0.3 is 15.4 Å². The Hall–Kier alpha value is -2.21. The van der Waals surface area contributed by atoms with Crippen LogP contribution in [0.15, 0.2) is 24.3 Å². The van der Waals surface area contributed by atoms with Crippen molar-refractivity contribution in [2.45, 2.75) is 38.6 Å². The van der Waals surface area contributed by atoms with Crippen molar-refractivity contribution < 1.29 is 19.1 Å². The van der Waals surface area contributed by atoms with Crippen molar-refractivity contribution in [3.05, 3.63) is 35.4 Å². The highest BCUT2D eigenvalue weighted by molar-refractivity contribution is 5.94. The lowest BCUT2D eigenvalue weighted by Crippen LogP contribution is -2.24. The summed E-state index contributed by atoms with van der Waals surface area (Å²) in [6, 6.07) is 7.14. The van der Waals surface area contributed by atoms with Crippen LogP contribution in [-0.4, -0.2) is 38.4 Å². The Kier molecular flexibility index (Phi) is 10.1. The summed E-state index contributed by atoms with van der Waals surface area (Å²) in [7, 11) is 1.52. The molecule has 6 nitrogen and oxygen atoms in total. The van der Waals surface area contributed by atoms with Crippen LogP contribution in [-0.2, 0) is 20.9 Å². The van der Waals surface area contributed by atoms with Crippen LogP contribution in [0.25, 0.3) is 0 Å². The van der Waals surface area contributed by atoms with Gasteiger partial charge in [-0.2, -0.15) is 0 Å². The van der Waals surface area contributed by atoms with E-state index in [1.54, 1.807) is 12.1 Å². The Morgan fingerprint density at radius 1 is 1.08 bits per heavy atom. The van der Waals surface area contributed by atoms with Gasteiger partial charge in [0.15, 0.2) is 5.78 Å². The topological polar surface area (TPSA) is 84.5 Å². The molecule has 2 amide bonds. The third-order valence-corrected chi connectivity index (χ3v) is 3.58. The van der Waals surface area contributed by atoms with Gasteiger partial charge in [0.05, 0.1) is 0 Å². The summed E-state index contributed by atoms with van der Waals surface area (Å²) in [5.74, 6) is 0.0396. The van der Waals surface area contributed by atoms with E-state index in [-0.39, 0.29) is 18.3 Å². The number of methoxy groups -OCH3 is 1. The van der Waals surface area contributed by atoms with Crippen LogP contribution in [0.2, 0.25) is 0 Å². The minimum atomic E-state index is -0.0971. The molecule has 1 aromatic carbocycles. The number of rotatable bonds is 13. The third kappa shape index (κ3) is 8.43. The van der Waals surface area contributed by atoms with Crippen molar-refractivity contribution in [3.63, 3.8) is 0 Å². The quantitative estimate of drug-likeness (QED) is 0.426. The Balaban J connectivity index is 2.13. The molecule has 0 heterocycles. The van der Waals surface area contributed by atoms with Gasteiger partial charge in [-0.05, 0) is 30.5 Å². The molecule has 1 aromatic rings. The second-order valence-corrected chi connectivity index (χ2v) is 5.59. The Morgan fingerprint density at radius 2 is 1.79 bits per heavy atom. The molecule has 0 saturated heterocycles. The number of hydrogen-bond acceptors (Lipinski definition) is 4. The van der Waals surface area contributed by atoms with Crippen molar-refractivity contribution in [2.75, 3.05) is 20.3 Å². The normalized spacial score (nSPS) is 10.2. The summed E-state index contributed by atoms with van der Waals surface area (Å²) in [5.41, 5.74) is 1.55. The number of ketones is 1. The van der Waals surface area contributed by atoms with Crippen LogP contribution in [0.1, 0.15) is 48.0 Å². The van der Waals surface area contributed by atoms with E-state index < -0.39 is 0 Å². The first-order valence-electron chi connectivity index (χ1n) is 8.22. The molecule has 0 radical (unpaired) electrons.